The molecule has 206 valence electrons. The van der Waals surface area contributed by atoms with Crippen molar-refractivity contribution < 1.29 is 14.7 Å². The highest BCUT2D eigenvalue weighted by molar-refractivity contribution is 5.94. The number of benzene rings is 2. The molecule has 0 radical (unpaired) electrons. The maximum Gasteiger partial charge on any atom is 0.304 e. The summed E-state index contributed by atoms with van der Waals surface area (Å²) < 4.78 is 1.87. The molecule has 4 aromatic rings. The van der Waals surface area contributed by atoms with Gasteiger partial charge in [0.15, 0.2) is 5.65 Å². The standard InChI is InChI=1S/C32H35N5O3/c1-20-15-24-16-25-19-36(14-12-26(20)25)32(40)23-10-8-22(9-11-23)7-5-3-4-6-13-37-31-30(34-35-37)21(2)28(18-33-31)27(24)17-29(38)39/h8-11,15-16,18,27H,3-7,12-14,17,19H2,1-2H3,(H,38,39)/t27-/m0/s1. The van der Waals surface area contributed by atoms with Crippen LogP contribution in [0.2, 0.25) is 0 Å². The Morgan fingerprint density at radius 2 is 1.82 bits per heavy atom. The van der Waals surface area contributed by atoms with E-state index in [0.717, 1.165) is 84.1 Å². The van der Waals surface area contributed by atoms with E-state index in [0.29, 0.717) is 18.7 Å². The van der Waals surface area contributed by atoms with Crippen molar-refractivity contribution in [1.82, 2.24) is 24.9 Å². The smallest absolute Gasteiger partial charge is 0.304 e. The van der Waals surface area contributed by atoms with Gasteiger partial charge in [0.1, 0.15) is 5.52 Å². The predicted molar refractivity (Wildman–Crippen MR) is 152 cm³/mol. The third kappa shape index (κ3) is 4.98. The normalized spacial score (nSPS) is 17.9. The molecule has 9 bridgehead atoms. The van der Waals surface area contributed by atoms with Crippen LogP contribution in [-0.4, -0.2) is 48.4 Å². The Balaban J connectivity index is 1.44. The number of aryl methyl sites for hydroxylation is 4. The molecule has 7 heterocycles. The van der Waals surface area contributed by atoms with Gasteiger partial charge in [-0.05, 0) is 90.6 Å². The van der Waals surface area contributed by atoms with Gasteiger partial charge in [-0.2, -0.15) is 0 Å². The summed E-state index contributed by atoms with van der Waals surface area (Å²) in [4.78, 5) is 32.2. The molecular weight excluding hydrogens is 502 g/mol. The molecule has 0 saturated heterocycles. The van der Waals surface area contributed by atoms with Crippen molar-refractivity contribution >= 4 is 23.0 Å². The number of pyridine rings is 1. The fourth-order valence-electron chi connectivity index (χ4n) is 6.39. The summed E-state index contributed by atoms with van der Waals surface area (Å²) in [6.07, 6.45) is 7.82. The predicted octanol–water partition coefficient (Wildman–Crippen LogP) is 5.36. The van der Waals surface area contributed by atoms with E-state index in [4.69, 9.17) is 4.98 Å². The largest absolute Gasteiger partial charge is 0.481 e. The van der Waals surface area contributed by atoms with Gasteiger partial charge in [-0.25, -0.2) is 9.67 Å². The van der Waals surface area contributed by atoms with Crippen molar-refractivity contribution in [2.75, 3.05) is 6.54 Å². The van der Waals surface area contributed by atoms with Gasteiger partial charge in [0.05, 0.1) is 6.42 Å². The molecule has 1 N–H and O–H groups in total. The first-order valence-corrected chi connectivity index (χ1v) is 14.3. The van der Waals surface area contributed by atoms with E-state index in [2.05, 4.69) is 41.5 Å². The Morgan fingerprint density at radius 1 is 1.02 bits per heavy atom. The van der Waals surface area contributed by atoms with Crippen LogP contribution < -0.4 is 0 Å². The molecule has 8 heteroatoms. The lowest BCUT2D eigenvalue weighted by Gasteiger charge is -2.31. The molecule has 0 spiro atoms. The lowest BCUT2D eigenvalue weighted by Crippen LogP contribution is -2.36. The van der Waals surface area contributed by atoms with E-state index in [1.54, 1.807) is 0 Å². The van der Waals surface area contributed by atoms with Crippen LogP contribution in [0, 0.1) is 13.8 Å². The number of carbonyl (C=O) groups is 2. The Hall–Kier alpha value is -4.07. The van der Waals surface area contributed by atoms with Crippen LogP contribution in [-0.2, 0) is 30.7 Å². The number of rotatable bonds is 2. The first-order valence-electron chi connectivity index (χ1n) is 14.3. The highest BCUT2D eigenvalue weighted by Crippen LogP contribution is 2.36. The number of aromatic nitrogens is 4. The molecule has 8 nitrogen and oxygen atoms in total. The van der Waals surface area contributed by atoms with Crippen LogP contribution in [0.1, 0.15) is 87.3 Å². The van der Waals surface area contributed by atoms with Crippen molar-refractivity contribution in [2.24, 2.45) is 0 Å². The Kier molecular flexibility index (Phi) is 7.09. The number of aliphatic carboxylic acids is 1. The second-order valence-corrected chi connectivity index (χ2v) is 11.3. The van der Waals surface area contributed by atoms with Gasteiger partial charge in [-0.1, -0.05) is 42.3 Å². The summed E-state index contributed by atoms with van der Waals surface area (Å²) in [7, 11) is 0. The number of carboxylic acids is 1. The SMILES string of the molecule is Cc1cc2cc3c1CCN(C3)C(=O)c1ccc(cc1)CCCCCCn1nnc3c(C)c(cnc31)[C@H]2CC(=O)O. The quantitative estimate of drug-likeness (QED) is 0.369. The zero-order valence-electron chi connectivity index (χ0n) is 23.2. The molecule has 0 saturated carbocycles. The maximum absolute atomic E-state index is 13.5. The molecule has 40 heavy (non-hydrogen) atoms. The summed E-state index contributed by atoms with van der Waals surface area (Å²) in [5.74, 6) is -1.22. The first kappa shape index (κ1) is 26.2. The van der Waals surface area contributed by atoms with Gasteiger partial charge in [-0.15, -0.1) is 5.10 Å². The van der Waals surface area contributed by atoms with E-state index in [9.17, 15) is 14.7 Å². The third-order valence-electron chi connectivity index (χ3n) is 8.63. The summed E-state index contributed by atoms with van der Waals surface area (Å²) in [5, 5.41) is 18.8. The van der Waals surface area contributed by atoms with Crippen LogP contribution >= 0.6 is 0 Å². The van der Waals surface area contributed by atoms with E-state index < -0.39 is 5.97 Å². The molecule has 0 aliphatic carbocycles. The number of hydrogen-bond acceptors (Lipinski definition) is 5. The molecule has 0 unspecified atom stereocenters. The van der Waals surface area contributed by atoms with E-state index in [1.165, 1.54) is 11.1 Å². The molecule has 0 fully saturated rings. The number of carboxylic acid groups (broad SMARTS) is 1. The summed E-state index contributed by atoms with van der Waals surface area (Å²) in [5.41, 5.74) is 9.60. The van der Waals surface area contributed by atoms with Gasteiger partial charge in [0.25, 0.3) is 5.91 Å². The Morgan fingerprint density at radius 3 is 2.62 bits per heavy atom. The summed E-state index contributed by atoms with van der Waals surface area (Å²) >= 11 is 0. The molecule has 5 aliphatic rings. The summed E-state index contributed by atoms with van der Waals surface area (Å²) in [6, 6.07) is 12.3. The topological polar surface area (TPSA) is 101 Å². The second-order valence-electron chi connectivity index (χ2n) is 11.3. The van der Waals surface area contributed by atoms with Gasteiger partial charge in [-0.3, -0.25) is 9.59 Å². The van der Waals surface area contributed by atoms with Crippen molar-refractivity contribution in [3.05, 3.63) is 87.1 Å². The molecule has 2 aromatic carbocycles. The van der Waals surface area contributed by atoms with Crippen molar-refractivity contribution in [2.45, 2.75) is 77.8 Å². The molecule has 1 atom stereocenters. The van der Waals surface area contributed by atoms with Crippen LogP contribution in [0.5, 0.6) is 0 Å². The minimum absolute atomic E-state index is 0.0399. The molecule has 5 aliphatic heterocycles. The number of nitrogens with zero attached hydrogens (tertiary/aromatic N) is 5. The number of hydrogen-bond donors (Lipinski definition) is 1. The van der Waals surface area contributed by atoms with E-state index >= 15 is 0 Å². The zero-order valence-corrected chi connectivity index (χ0v) is 23.2. The third-order valence-corrected chi connectivity index (χ3v) is 8.63. The zero-order chi connectivity index (χ0) is 27.8. The van der Waals surface area contributed by atoms with E-state index in [1.807, 2.05) is 34.8 Å². The van der Waals surface area contributed by atoms with Crippen molar-refractivity contribution in [3.8, 4) is 0 Å². The molecule has 2 aromatic heterocycles. The highest BCUT2D eigenvalue weighted by Gasteiger charge is 2.27. The van der Waals surface area contributed by atoms with Crippen LogP contribution in [0.25, 0.3) is 11.2 Å². The average Bonchev–Trinajstić information content (AvgIpc) is 3.37. The monoisotopic (exact) mass is 537 g/mol. The van der Waals surface area contributed by atoms with Gasteiger partial charge < -0.3 is 10.0 Å². The Bertz CT molecular complexity index is 1590. The fourth-order valence-corrected chi connectivity index (χ4v) is 6.39. The van der Waals surface area contributed by atoms with Crippen molar-refractivity contribution in [3.63, 3.8) is 0 Å². The fraction of sp³-hybridized carbons (Fsp3) is 0.406. The van der Waals surface area contributed by atoms with Gasteiger partial charge >= 0.3 is 5.97 Å². The average molecular weight is 538 g/mol. The van der Waals surface area contributed by atoms with Crippen LogP contribution in [0.4, 0.5) is 0 Å². The van der Waals surface area contributed by atoms with Gasteiger partial charge in [0, 0.05) is 37.3 Å². The second kappa shape index (κ2) is 10.8. The Labute approximate surface area is 234 Å². The van der Waals surface area contributed by atoms with E-state index in [-0.39, 0.29) is 18.2 Å². The molecular formula is C32H35N5O3. The van der Waals surface area contributed by atoms with Crippen LogP contribution in [0.3, 0.4) is 0 Å². The number of amides is 1. The lowest BCUT2D eigenvalue weighted by atomic mass is 9.83. The summed E-state index contributed by atoms with van der Waals surface area (Å²) in [6.45, 7) is 6.00. The minimum atomic E-state index is -0.870. The first-order chi connectivity index (χ1) is 19.4. The lowest BCUT2D eigenvalue weighted by molar-refractivity contribution is -0.137. The maximum atomic E-state index is 13.5. The minimum Gasteiger partial charge on any atom is -0.481 e. The van der Waals surface area contributed by atoms with Crippen molar-refractivity contribution in [1.29, 1.82) is 0 Å². The highest BCUT2D eigenvalue weighted by atomic mass is 16.4. The number of carbonyl (C=O) groups excluding carboxylic acids is 1. The molecule has 1 amide bonds. The molecule has 9 rings (SSSR count). The van der Waals surface area contributed by atoms with Crippen LogP contribution in [0.15, 0.2) is 42.6 Å². The van der Waals surface area contributed by atoms with Gasteiger partial charge in [0.2, 0.25) is 0 Å².